The maximum atomic E-state index is 12.0. The number of aliphatic carboxylic acids is 2. The molecule has 3 N–H and O–H groups in total. The Bertz CT molecular complexity index is 1210. The molecule has 0 aliphatic rings. The number of nitrogens with zero attached hydrogens (tertiary/aromatic N) is 1. The molecule has 46 heavy (non-hydrogen) atoms. The molecule has 0 saturated heterocycles. The van der Waals surface area contributed by atoms with E-state index in [2.05, 4.69) is 19.3 Å². The molecule has 1 amide bonds. The first-order chi connectivity index (χ1) is 21.9. The summed E-state index contributed by atoms with van der Waals surface area (Å²) in [5, 5.41) is 20.2. The zero-order valence-electron chi connectivity index (χ0n) is 27.6. The van der Waals surface area contributed by atoms with Gasteiger partial charge in [0.25, 0.3) is 5.91 Å². The average molecular weight is 684 g/mol. The summed E-state index contributed by atoms with van der Waals surface area (Å²) in [6.45, 7) is 4.49. The third-order valence-electron chi connectivity index (χ3n) is 6.57. The van der Waals surface area contributed by atoms with Crippen molar-refractivity contribution in [2.24, 2.45) is 0 Å². The molecule has 0 bridgehead atoms. The molecule has 0 aliphatic heterocycles. The molecule has 13 heteroatoms. The number of aromatic nitrogens is 1. The van der Waals surface area contributed by atoms with Crippen LogP contribution in [-0.2, 0) is 26.2 Å². The standard InChI is InChI=1S/C13H13N3O4S2.2C10H20O2/c1-22(19,20)15-14-13(18)10-4-2-6-16(8-10)9-11(17)12-5-3-7-21-12;2*1-2-3-4-5-6-7-8-9-10(11)12/h2-8,15H,9H2,1H3;2*2-9H2,1H3,(H,11,12). The van der Waals surface area contributed by atoms with Gasteiger partial charge >= 0.3 is 5.97 Å². The van der Waals surface area contributed by atoms with Gasteiger partial charge in [-0.25, -0.2) is 8.42 Å². The maximum absolute atomic E-state index is 12.0. The van der Waals surface area contributed by atoms with Crippen LogP contribution in [0.15, 0.2) is 42.0 Å². The van der Waals surface area contributed by atoms with Crippen LogP contribution in [0, 0.1) is 0 Å². The lowest BCUT2D eigenvalue weighted by Gasteiger charge is -2.04. The second kappa shape index (κ2) is 27.0. The highest BCUT2D eigenvalue weighted by Crippen LogP contribution is 2.10. The minimum Gasteiger partial charge on any atom is -0.550 e. The first kappa shape index (κ1) is 42.8. The van der Waals surface area contributed by atoms with Gasteiger partial charge in [-0.3, -0.25) is 19.8 Å². The van der Waals surface area contributed by atoms with Crippen molar-refractivity contribution < 1.29 is 42.4 Å². The number of carboxylic acids is 2. The fourth-order valence-electron chi connectivity index (χ4n) is 4.11. The molecule has 2 rings (SSSR count). The van der Waals surface area contributed by atoms with Crippen LogP contribution >= 0.6 is 11.3 Å². The lowest BCUT2D eigenvalue weighted by Crippen LogP contribution is -2.43. The third-order valence-corrected chi connectivity index (χ3v) is 7.95. The highest BCUT2D eigenvalue weighted by molar-refractivity contribution is 7.88. The van der Waals surface area contributed by atoms with E-state index in [0.29, 0.717) is 11.3 Å². The molecule has 2 aromatic heterocycles. The first-order valence-corrected chi connectivity index (χ1v) is 18.9. The number of Topliss-reactive ketones (excluding diaryl/α,β-unsaturated/α-hetero) is 1. The summed E-state index contributed by atoms with van der Waals surface area (Å²) in [4.78, 5) is 46.5. The molecule has 2 heterocycles. The lowest BCUT2D eigenvalue weighted by molar-refractivity contribution is -0.683. The molecule has 0 atom stereocenters. The molecule has 0 saturated carbocycles. The summed E-state index contributed by atoms with van der Waals surface area (Å²) in [7, 11) is -3.53. The van der Waals surface area contributed by atoms with Gasteiger partial charge in [-0.05, 0) is 36.8 Å². The number of hydrazine groups is 1. The molecule has 11 nitrogen and oxygen atoms in total. The second-order valence-electron chi connectivity index (χ2n) is 11.0. The lowest BCUT2D eigenvalue weighted by atomic mass is 10.1. The fourth-order valence-corrected chi connectivity index (χ4v) is 5.04. The highest BCUT2D eigenvalue weighted by atomic mass is 32.2. The molecule has 0 unspecified atom stereocenters. The Morgan fingerprint density at radius 3 is 1.85 bits per heavy atom. The largest absolute Gasteiger partial charge is 0.550 e. The van der Waals surface area contributed by atoms with Crippen molar-refractivity contribution in [3.8, 4) is 0 Å². The molecular formula is C33H53N3O8S2. The van der Waals surface area contributed by atoms with Crippen molar-refractivity contribution in [3.63, 3.8) is 0 Å². The van der Waals surface area contributed by atoms with Gasteiger partial charge in [-0.1, -0.05) is 97.0 Å². The van der Waals surface area contributed by atoms with Crippen LogP contribution in [-0.4, -0.2) is 43.4 Å². The summed E-state index contributed by atoms with van der Waals surface area (Å²) in [6, 6.07) is 6.66. The SMILES string of the molecule is CCCCCCCCCC(=O)O.CCCCCCCCCC(=O)[O-].CS(=O)(=O)NNC(=O)c1ccc[n+](CC(=O)c2cccs2)c1. The molecule has 0 spiro atoms. The smallest absolute Gasteiger partial charge is 0.303 e. The van der Waals surface area contributed by atoms with Gasteiger partial charge in [-0.15, -0.1) is 16.2 Å². The molecule has 0 aromatic carbocycles. The number of carboxylic acid groups (broad SMARTS) is 2. The van der Waals surface area contributed by atoms with Gasteiger partial charge in [0, 0.05) is 18.5 Å². The van der Waals surface area contributed by atoms with Crippen LogP contribution in [0.25, 0.3) is 0 Å². The third kappa shape index (κ3) is 26.1. The van der Waals surface area contributed by atoms with Crippen LogP contribution in [0.2, 0.25) is 0 Å². The fraction of sp³-hybridized carbons (Fsp3) is 0.606. The van der Waals surface area contributed by atoms with Gasteiger partial charge in [0.1, 0.15) is 5.56 Å². The number of nitrogens with one attached hydrogen (secondary N) is 2. The van der Waals surface area contributed by atoms with Crippen LogP contribution in [0.5, 0.6) is 0 Å². The number of sulfonamides is 1. The second-order valence-corrected chi connectivity index (χ2v) is 13.7. The van der Waals surface area contributed by atoms with E-state index in [1.54, 1.807) is 29.0 Å². The summed E-state index contributed by atoms with van der Waals surface area (Å²) in [6.07, 6.45) is 21.0. The summed E-state index contributed by atoms with van der Waals surface area (Å²) in [5.74, 6) is -2.25. The van der Waals surface area contributed by atoms with E-state index in [9.17, 15) is 32.7 Å². The first-order valence-electron chi connectivity index (χ1n) is 16.1. The molecule has 2 aromatic rings. The van der Waals surface area contributed by atoms with Crippen molar-refractivity contribution >= 4 is 45.0 Å². The van der Waals surface area contributed by atoms with Crippen LogP contribution in [0.3, 0.4) is 0 Å². The van der Waals surface area contributed by atoms with Gasteiger partial charge in [0.2, 0.25) is 22.4 Å². The number of carbonyl (C=O) groups excluding carboxylic acids is 3. The Balaban J connectivity index is 0.000000722. The summed E-state index contributed by atoms with van der Waals surface area (Å²) < 4.78 is 23.4. The van der Waals surface area contributed by atoms with Crippen molar-refractivity contribution in [1.82, 2.24) is 10.3 Å². The van der Waals surface area contributed by atoms with E-state index >= 15 is 0 Å². The molecule has 0 radical (unpaired) electrons. The van der Waals surface area contributed by atoms with Crippen molar-refractivity contribution in [1.29, 1.82) is 0 Å². The van der Waals surface area contributed by atoms with E-state index in [-0.39, 0.29) is 24.3 Å². The average Bonchev–Trinajstić information content (AvgIpc) is 3.55. The molecule has 0 aliphatic carbocycles. The minimum absolute atomic E-state index is 0.0631. The van der Waals surface area contributed by atoms with Gasteiger partial charge < -0.3 is 15.0 Å². The van der Waals surface area contributed by atoms with Crippen molar-refractivity contribution in [2.45, 2.75) is 123 Å². The Kier molecular flexibility index (Phi) is 25.1. The van der Waals surface area contributed by atoms with Gasteiger partial charge in [-0.2, -0.15) is 4.57 Å². The zero-order chi connectivity index (χ0) is 34.6. The normalized spacial score (nSPS) is 10.6. The van der Waals surface area contributed by atoms with Crippen LogP contribution in [0.1, 0.15) is 137 Å². The number of carbonyl (C=O) groups is 4. The van der Waals surface area contributed by atoms with Crippen LogP contribution in [0.4, 0.5) is 0 Å². The summed E-state index contributed by atoms with van der Waals surface area (Å²) >= 11 is 1.35. The number of rotatable bonds is 22. The van der Waals surface area contributed by atoms with E-state index in [1.807, 2.05) is 10.2 Å². The topological polar surface area (TPSA) is 174 Å². The maximum Gasteiger partial charge on any atom is 0.303 e. The van der Waals surface area contributed by atoms with E-state index in [4.69, 9.17) is 5.11 Å². The number of pyridine rings is 1. The van der Waals surface area contributed by atoms with E-state index in [0.717, 1.165) is 31.9 Å². The summed E-state index contributed by atoms with van der Waals surface area (Å²) in [5.41, 5.74) is 2.31. The predicted molar refractivity (Wildman–Crippen MR) is 179 cm³/mol. The molecule has 260 valence electrons. The minimum atomic E-state index is -3.53. The Morgan fingerprint density at radius 2 is 1.37 bits per heavy atom. The highest BCUT2D eigenvalue weighted by Gasteiger charge is 2.16. The Morgan fingerprint density at radius 1 is 0.826 bits per heavy atom. The number of hydrogen-bond donors (Lipinski definition) is 3. The zero-order valence-corrected chi connectivity index (χ0v) is 29.3. The van der Waals surface area contributed by atoms with E-state index in [1.165, 1.54) is 87.8 Å². The number of hydrogen-bond acceptors (Lipinski definition) is 8. The number of ketones is 1. The number of thiophene rings is 1. The quantitative estimate of drug-likeness (QED) is 0.0657. The number of unbranched alkanes of at least 4 members (excludes halogenated alkanes) is 12. The monoisotopic (exact) mass is 683 g/mol. The van der Waals surface area contributed by atoms with Gasteiger partial charge in [0.15, 0.2) is 12.4 Å². The predicted octanol–water partition coefficient (Wildman–Crippen LogP) is 5.20. The van der Waals surface area contributed by atoms with Crippen molar-refractivity contribution in [3.05, 3.63) is 52.5 Å². The molecule has 0 fully saturated rings. The van der Waals surface area contributed by atoms with Crippen LogP contribution < -0.4 is 19.9 Å². The van der Waals surface area contributed by atoms with Crippen molar-refractivity contribution in [2.75, 3.05) is 6.26 Å². The number of amides is 1. The van der Waals surface area contributed by atoms with Gasteiger partial charge in [0.05, 0.1) is 11.1 Å². The Hall–Kier alpha value is -3.16. The Labute approximate surface area is 278 Å². The molecular weight excluding hydrogens is 631 g/mol. The van der Waals surface area contributed by atoms with E-state index < -0.39 is 27.9 Å².